The van der Waals surface area contributed by atoms with Crippen molar-refractivity contribution in [3.63, 3.8) is 0 Å². The van der Waals surface area contributed by atoms with E-state index in [4.69, 9.17) is 5.73 Å². The molecule has 17 heavy (non-hydrogen) atoms. The summed E-state index contributed by atoms with van der Waals surface area (Å²) in [6, 6.07) is 6.24. The van der Waals surface area contributed by atoms with Gasteiger partial charge in [0.05, 0.1) is 0 Å². The average molecular weight is 268 g/mol. The Morgan fingerprint density at radius 1 is 1.12 bits per heavy atom. The van der Waals surface area contributed by atoms with Crippen LogP contribution >= 0.6 is 12.4 Å². The third kappa shape index (κ3) is 3.78. The van der Waals surface area contributed by atoms with Crippen LogP contribution in [0.5, 0.6) is 5.75 Å². The van der Waals surface area contributed by atoms with Crippen LogP contribution in [0.15, 0.2) is 24.3 Å². The first kappa shape index (κ1) is 14.1. The number of nitrogens with two attached hydrogens (primary N) is 1. The van der Waals surface area contributed by atoms with Crippen LogP contribution in [0.4, 0.5) is 13.2 Å². The predicted molar refractivity (Wildman–Crippen MR) is 60.3 cm³/mol. The van der Waals surface area contributed by atoms with Crippen molar-refractivity contribution in [2.75, 3.05) is 0 Å². The molecule has 6 heteroatoms. The van der Waals surface area contributed by atoms with Crippen LogP contribution < -0.4 is 10.5 Å². The van der Waals surface area contributed by atoms with Gasteiger partial charge in [-0.2, -0.15) is 0 Å². The normalized spacial score (nSPS) is 23.5. The quantitative estimate of drug-likeness (QED) is 0.893. The van der Waals surface area contributed by atoms with Crippen molar-refractivity contribution in [3.8, 4) is 5.75 Å². The summed E-state index contributed by atoms with van der Waals surface area (Å²) in [4.78, 5) is 0. The van der Waals surface area contributed by atoms with Crippen LogP contribution in [-0.2, 0) is 0 Å². The summed E-state index contributed by atoms with van der Waals surface area (Å²) < 4.78 is 39.5. The van der Waals surface area contributed by atoms with Crippen LogP contribution in [0.1, 0.15) is 24.3 Å². The molecule has 1 aliphatic carbocycles. The van der Waals surface area contributed by atoms with Crippen molar-refractivity contribution in [1.29, 1.82) is 0 Å². The maximum atomic E-state index is 11.9. The van der Waals surface area contributed by atoms with Crippen molar-refractivity contribution >= 4 is 12.4 Å². The fourth-order valence-corrected chi connectivity index (χ4v) is 1.88. The highest BCUT2D eigenvalue weighted by atomic mass is 35.5. The van der Waals surface area contributed by atoms with Crippen LogP contribution in [0, 0.1) is 0 Å². The third-order valence-electron chi connectivity index (χ3n) is 2.76. The standard InChI is InChI=1S/C11H12F3NO.ClH/c12-11(13,14)16-10-3-1-7(2-4-10)8-5-9(15)6-8;/h1-4,8-9H,5-6,15H2;1H. The summed E-state index contributed by atoms with van der Waals surface area (Å²) in [5.74, 6) is 0.204. The van der Waals surface area contributed by atoms with E-state index in [-0.39, 0.29) is 24.2 Å². The van der Waals surface area contributed by atoms with Gasteiger partial charge in [0.25, 0.3) is 0 Å². The lowest BCUT2D eigenvalue weighted by Gasteiger charge is -2.32. The Morgan fingerprint density at radius 3 is 2.06 bits per heavy atom. The topological polar surface area (TPSA) is 35.2 Å². The van der Waals surface area contributed by atoms with E-state index in [2.05, 4.69) is 4.74 Å². The highest BCUT2D eigenvalue weighted by Gasteiger charge is 2.31. The summed E-state index contributed by atoms with van der Waals surface area (Å²) in [7, 11) is 0. The van der Waals surface area contributed by atoms with Gasteiger partial charge in [0.1, 0.15) is 5.75 Å². The van der Waals surface area contributed by atoms with Gasteiger partial charge in [0.2, 0.25) is 0 Å². The van der Waals surface area contributed by atoms with Crippen LogP contribution in [-0.4, -0.2) is 12.4 Å². The molecule has 96 valence electrons. The summed E-state index contributed by atoms with van der Waals surface area (Å²) >= 11 is 0. The number of halogens is 4. The Balaban J connectivity index is 0.00000144. The Hall–Kier alpha value is -0.940. The van der Waals surface area contributed by atoms with E-state index in [1.807, 2.05) is 0 Å². The lowest BCUT2D eigenvalue weighted by atomic mass is 9.76. The Morgan fingerprint density at radius 2 is 1.65 bits per heavy atom. The highest BCUT2D eigenvalue weighted by Crippen LogP contribution is 2.36. The number of rotatable bonds is 2. The van der Waals surface area contributed by atoms with Crippen molar-refractivity contribution < 1.29 is 17.9 Å². The lowest BCUT2D eigenvalue weighted by Crippen LogP contribution is -2.34. The van der Waals surface area contributed by atoms with E-state index in [0.29, 0.717) is 5.92 Å². The molecule has 1 aliphatic rings. The first-order valence-corrected chi connectivity index (χ1v) is 5.05. The fourth-order valence-electron chi connectivity index (χ4n) is 1.88. The zero-order valence-electron chi connectivity index (χ0n) is 8.91. The zero-order valence-corrected chi connectivity index (χ0v) is 9.72. The Kier molecular flexibility index (Phi) is 4.27. The monoisotopic (exact) mass is 267 g/mol. The fraction of sp³-hybridized carbons (Fsp3) is 0.455. The van der Waals surface area contributed by atoms with Gasteiger partial charge in [-0.3, -0.25) is 0 Å². The van der Waals surface area contributed by atoms with E-state index in [1.165, 1.54) is 12.1 Å². The van der Waals surface area contributed by atoms with E-state index in [0.717, 1.165) is 18.4 Å². The van der Waals surface area contributed by atoms with Crippen molar-refractivity contribution in [3.05, 3.63) is 29.8 Å². The molecule has 2 nitrogen and oxygen atoms in total. The summed E-state index contributed by atoms with van der Waals surface area (Å²) in [6.45, 7) is 0. The molecule has 1 aromatic carbocycles. The summed E-state index contributed by atoms with van der Waals surface area (Å²) in [6.07, 6.45) is -2.82. The molecular weight excluding hydrogens is 255 g/mol. The zero-order chi connectivity index (χ0) is 11.8. The van der Waals surface area contributed by atoms with Gasteiger partial charge in [0.15, 0.2) is 0 Å². The van der Waals surface area contributed by atoms with Gasteiger partial charge >= 0.3 is 6.36 Å². The van der Waals surface area contributed by atoms with E-state index in [9.17, 15) is 13.2 Å². The maximum Gasteiger partial charge on any atom is 0.573 e. The van der Waals surface area contributed by atoms with Crippen molar-refractivity contribution in [2.24, 2.45) is 5.73 Å². The predicted octanol–water partition coefficient (Wildman–Crippen LogP) is 3.21. The van der Waals surface area contributed by atoms with Crippen LogP contribution in [0.25, 0.3) is 0 Å². The molecule has 0 aromatic heterocycles. The van der Waals surface area contributed by atoms with Crippen molar-refractivity contribution in [1.82, 2.24) is 0 Å². The molecule has 2 rings (SSSR count). The Bertz CT molecular complexity index is 360. The van der Waals surface area contributed by atoms with Gasteiger partial charge in [0, 0.05) is 6.04 Å². The number of benzene rings is 1. The minimum Gasteiger partial charge on any atom is -0.406 e. The second-order valence-electron chi connectivity index (χ2n) is 4.05. The molecule has 0 bridgehead atoms. The number of alkyl halides is 3. The number of hydrogen-bond donors (Lipinski definition) is 1. The smallest absolute Gasteiger partial charge is 0.406 e. The molecule has 0 atom stereocenters. The lowest BCUT2D eigenvalue weighted by molar-refractivity contribution is -0.274. The first-order chi connectivity index (χ1) is 7.44. The molecule has 2 N–H and O–H groups in total. The molecular formula is C11H13ClF3NO. The molecule has 1 aromatic rings. The van der Waals surface area contributed by atoms with Crippen LogP contribution in [0.3, 0.4) is 0 Å². The van der Waals surface area contributed by atoms with Gasteiger partial charge in [-0.15, -0.1) is 25.6 Å². The van der Waals surface area contributed by atoms with Crippen molar-refractivity contribution in [2.45, 2.75) is 31.2 Å². The minimum atomic E-state index is -4.62. The molecule has 0 heterocycles. The van der Waals surface area contributed by atoms with Gasteiger partial charge < -0.3 is 10.5 Å². The molecule has 0 saturated heterocycles. The number of ether oxygens (including phenoxy) is 1. The Labute approximate surface area is 103 Å². The molecule has 1 fully saturated rings. The van der Waals surface area contributed by atoms with E-state index in [1.54, 1.807) is 12.1 Å². The summed E-state index contributed by atoms with van der Waals surface area (Å²) in [5.41, 5.74) is 6.67. The molecule has 1 saturated carbocycles. The maximum absolute atomic E-state index is 11.9. The molecule has 0 aliphatic heterocycles. The third-order valence-corrected chi connectivity index (χ3v) is 2.76. The second kappa shape index (κ2) is 5.14. The van der Waals surface area contributed by atoms with Gasteiger partial charge in [-0.05, 0) is 36.5 Å². The molecule has 0 radical (unpaired) electrons. The molecule has 0 unspecified atom stereocenters. The average Bonchev–Trinajstić information content (AvgIpc) is 2.12. The van der Waals surface area contributed by atoms with E-state index >= 15 is 0 Å². The molecule has 0 spiro atoms. The highest BCUT2D eigenvalue weighted by molar-refractivity contribution is 5.85. The largest absolute Gasteiger partial charge is 0.573 e. The molecule has 0 amide bonds. The van der Waals surface area contributed by atoms with Gasteiger partial charge in [-0.1, -0.05) is 12.1 Å². The summed E-state index contributed by atoms with van der Waals surface area (Å²) in [5, 5.41) is 0. The van der Waals surface area contributed by atoms with Crippen LogP contribution in [0.2, 0.25) is 0 Å². The second-order valence-corrected chi connectivity index (χ2v) is 4.05. The SMILES string of the molecule is Cl.NC1CC(c2ccc(OC(F)(F)F)cc2)C1. The van der Waals surface area contributed by atoms with E-state index < -0.39 is 6.36 Å². The minimum absolute atomic E-state index is 0. The number of hydrogen-bond acceptors (Lipinski definition) is 2. The first-order valence-electron chi connectivity index (χ1n) is 5.05. The van der Waals surface area contributed by atoms with Gasteiger partial charge in [-0.25, -0.2) is 0 Å².